The van der Waals surface area contributed by atoms with Gasteiger partial charge in [-0.25, -0.2) is 0 Å². The van der Waals surface area contributed by atoms with Crippen molar-refractivity contribution in [1.82, 2.24) is 9.97 Å². The Labute approximate surface area is 124 Å². The molecule has 3 aromatic rings. The summed E-state index contributed by atoms with van der Waals surface area (Å²) in [6.45, 7) is 4.29. The van der Waals surface area contributed by atoms with Gasteiger partial charge in [0.1, 0.15) is 0 Å². The molecule has 0 radical (unpaired) electrons. The van der Waals surface area contributed by atoms with Crippen molar-refractivity contribution in [3.05, 3.63) is 66.1 Å². The zero-order chi connectivity index (χ0) is 14.7. The van der Waals surface area contributed by atoms with Gasteiger partial charge in [-0.15, -0.1) is 0 Å². The lowest BCUT2D eigenvalue weighted by atomic mass is 10.1. The first kappa shape index (κ1) is 13.4. The molecule has 0 fully saturated rings. The van der Waals surface area contributed by atoms with Crippen molar-refractivity contribution in [1.29, 1.82) is 0 Å². The lowest BCUT2D eigenvalue weighted by molar-refractivity contribution is 0.830. The average Bonchev–Trinajstić information content (AvgIpc) is 2.53. The Hall–Kier alpha value is -2.55. The predicted octanol–water partition coefficient (Wildman–Crippen LogP) is 4.50. The van der Waals surface area contributed by atoms with Crippen molar-refractivity contribution < 1.29 is 0 Å². The monoisotopic (exact) mass is 275 g/mol. The Morgan fingerprint density at radius 3 is 2.67 bits per heavy atom. The van der Waals surface area contributed by atoms with Crippen LogP contribution < -0.4 is 0 Å². The van der Waals surface area contributed by atoms with E-state index in [4.69, 9.17) is 4.98 Å². The van der Waals surface area contributed by atoms with E-state index in [2.05, 4.69) is 42.0 Å². The number of fused-ring (bicyclic) bond motifs is 1. The summed E-state index contributed by atoms with van der Waals surface area (Å²) in [7, 11) is 0. The highest BCUT2D eigenvalue weighted by Crippen LogP contribution is 2.26. The molecule has 0 aliphatic carbocycles. The Bertz CT molecular complexity index is 777. The van der Waals surface area contributed by atoms with Gasteiger partial charge in [-0.2, -0.15) is 0 Å². The molecule has 2 heterocycles. The zero-order valence-electron chi connectivity index (χ0n) is 12.2. The van der Waals surface area contributed by atoms with Gasteiger partial charge >= 0.3 is 0 Å². The number of hydrogen-bond acceptors (Lipinski definition) is 3. The lowest BCUT2D eigenvalue weighted by Gasteiger charge is -2.07. The summed E-state index contributed by atoms with van der Waals surface area (Å²) >= 11 is 0. The molecule has 2 aromatic heterocycles. The summed E-state index contributed by atoms with van der Waals surface area (Å²) in [4.78, 5) is 13.6. The van der Waals surface area contributed by atoms with E-state index in [0.29, 0.717) is 5.92 Å². The third-order valence-electron chi connectivity index (χ3n) is 3.34. The number of aromatic nitrogens is 2. The predicted molar refractivity (Wildman–Crippen MR) is 87.3 cm³/mol. The second-order valence-electron chi connectivity index (χ2n) is 5.25. The molecule has 0 unspecified atom stereocenters. The molecule has 3 heteroatoms. The van der Waals surface area contributed by atoms with Crippen LogP contribution in [-0.2, 0) is 0 Å². The first-order valence-corrected chi connectivity index (χ1v) is 7.09. The minimum atomic E-state index is 0.405. The molecule has 0 saturated heterocycles. The molecule has 104 valence electrons. The Balaban J connectivity index is 2.05. The smallest absolute Gasteiger partial charge is 0.0961 e. The quantitative estimate of drug-likeness (QED) is 0.660. The van der Waals surface area contributed by atoms with Crippen LogP contribution in [0.2, 0.25) is 0 Å². The third-order valence-corrected chi connectivity index (χ3v) is 3.34. The summed E-state index contributed by atoms with van der Waals surface area (Å²) in [5.41, 5.74) is 3.74. The maximum Gasteiger partial charge on any atom is 0.0961 e. The molecule has 3 nitrogen and oxygen atoms in total. The fourth-order valence-corrected chi connectivity index (χ4v) is 2.16. The summed E-state index contributed by atoms with van der Waals surface area (Å²) in [5, 5.41) is 1.11. The van der Waals surface area contributed by atoms with Crippen LogP contribution in [0.5, 0.6) is 0 Å². The van der Waals surface area contributed by atoms with Gasteiger partial charge in [-0.1, -0.05) is 38.1 Å². The van der Waals surface area contributed by atoms with E-state index in [0.717, 1.165) is 28.0 Å². The lowest BCUT2D eigenvalue weighted by Crippen LogP contribution is -1.93. The van der Waals surface area contributed by atoms with Gasteiger partial charge in [-0.3, -0.25) is 15.0 Å². The molecular weight excluding hydrogens is 258 g/mol. The zero-order valence-corrected chi connectivity index (χ0v) is 12.2. The first-order valence-electron chi connectivity index (χ1n) is 7.09. The fraction of sp³-hybridized carbons (Fsp3) is 0.167. The maximum absolute atomic E-state index is 4.75. The second kappa shape index (κ2) is 5.83. The van der Waals surface area contributed by atoms with Crippen molar-refractivity contribution >= 4 is 22.8 Å². The summed E-state index contributed by atoms with van der Waals surface area (Å²) in [5.74, 6) is 0.405. The summed E-state index contributed by atoms with van der Waals surface area (Å²) in [6, 6.07) is 16.0. The van der Waals surface area contributed by atoms with E-state index >= 15 is 0 Å². The van der Waals surface area contributed by atoms with E-state index in [1.54, 1.807) is 12.4 Å². The van der Waals surface area contributed by atoms with Crippen molar-refractivity contribution in [2.75, 3.05) is 0 Å². The molecule has 0 atom stereocenters. The Kier molecular flexibility index (Phi) is 3.73. The van der Waals surface area contributed by atoms with E-state index in [1.807, 2.05) is 30.3 Å². The Morgan fingerprint density at radius 2 is 1.90 bits per heavy atom. The van der Waals surface area contributed by atoms with Crippen LogP contribution in [0.3, 0.4) is 0 Å². The van der Waals surface area contributed by atoms with Crippen LogP contribution in [-0.4, -0.2) is 16.2 Å². The van der Waals surface area contributed by atoms with Crippen LogP contribution in [0.15, 0.2) is 59.7 Å². The fourth-order valence-electron chi connectivity index (χ4n) is 2.16. The normalized spacial score (nSPS) is 11.6. The minimum absolute atomic E-state index is 0.405. The number of rotatable bonds is 3. The van der Waals surface area contributed by atoms with Crippen LogP contribution in [0.25, 0.3) is 10.9 Å². The van der Waals surface area contributed by atoms with E-state index in [-0.39, 0.29) is 0 Å². The summed E-state index contributed by atoms with van der Waals surface area (Å²) in [6.07, 6.45) is 3.54. The number of nitrogens with zero attached hydrogens (tertiary/aromatic N) is 3. The SMILES string of the molecule is CC(C)c1ccc2cccc(N=Cc3ccccn3)c2n1. The molecular formula is C18H17N3. The molecule has 0 bridgehead atoms. The highest BCUT2D eigenvalue weighted by atomic mass is 14.8. The van der Waals surface area contributed by atoms with E-state index in [9.17, 15) is 0 Å². The minimum Gasteiger partial charge on any atom is -0.255 e. The molecule has 0 N–H and O–H groups in total. The largest absolute Gasteiger partial charge is 0.255 e. The van der Waals surface area contributed by atoms with Gasteiger partial charge in [0.25, 0.3) is 0 Å². The maximum atomic E-state index is 4.75. The van der Waals surface area contributed by atoms with Gasteiger partial charge in [0, 0.05) is 17.3 Å². The van der Waals surface area contributed by atoms with Crippen molar-refractivity contribution in [2.45, 2.75) is 19.8 Å². The van der Waals surface area contributed by atoms with Crippen molar-refractivity contribution in [3.8, 4) is 0 Å². The van der Waals surface area contributed by atoms with Crippen LogP contribution in [0, 0.1) is 0 Å². The van der Waals surface area contributed by atoms with Gasteiger partial charge in [0.2, 0.25) is 0 Å². The van der Waals surface area contributed by atoms with Crippen LogP contribution >= 0.6 is 0 Å². The molecule has 0 saturated carbocycles. The van der Waals surface area contributed by atoms with Crippen LogP contribution in [0.4, 0.5) is 5.69 Å². The number of para-hydroxylation sites is 1. The van der Waals surface area contributed by atoms with Crippen LogP contribution in [0.1, 0.15) is 31.2 Å². The van der Waals surface area contributed by atoms with Gasteiger partial charge in [0.05, 0.1) is 23.1 Å². The molecule has 0 spiro atoms. The highest BCUT2D eigenvalue weighted by Gasteiger charge is 2.05. The second-order valence-corrected chi connectivity index (χ2v) is 5.25. The molecule has 1 aromatic carbocycles. The topological polar surface area (TPSA) is 38.1 Å². The highest BCUT2D eigenvalue weighted by molar-refractivity contribution is 5.92. The number of hydrogen-bond donors (Lipinski definition) is 0. The average molecular weight is 275 g/mol. The molecule has 0 aliphatic heterocycles. The summed E-state index contributed by atoms with van der Waals surface area (Å²) < 4.78 is 0. The molecule has 21 heavy (non-hydrogen) atoms. The number of pyridine rings is 2. The number of benzene rings is 1. The van der Waals surface area contributed by atoms with Gasteiger partial charge in [0.15, 0.2) is 0 Å². The first-order chi connectivity index (χ1) is 10.2. The van der Waals surface area contributed by atoms with Gasteiger partial charge < -0.3 is 0 Å². The molecule has 3 rings (SSSR count). The molecule has 0 amide bonds. The number of aliphatic imine (C=N–C) groups is 1. The Morgan fingerprint density at radius 1 is 1.00 bits per heavy atom. The standard InChI is InChI=1S/C18H17N3/c1-13(2)16-10-9-14-6-5-8-17(18(14)21-16)20-12-15-7-3-4-11-19-15/h3-13H,1-2H3. The van der Waals surface area contributed by atoms with E-state index in [1.165, 1.54) is 0 Å². The van der Waals surface area contributed by atoms with Gasteiger partial charge in [-0.05, 0) is 30.2 Å². The van der Waals surface area contributed by atoms with E-state index < -0.39 is 0 Å². The third kappa shape index (κ3) is 2.97. The van der Waals surface area contributed by atoms with Crippen molar-refractivity contribution in [2.24, 2.45) is 4.99 Å². The van der Waals surface area contributed by atoms with Crippen molar-refractivity contribution in [3.63, 3.8) is 0 Å². The molecule has 0 aliphatic rings.